The van der Waals surface area contributed by atoms with Gasteiger partial charge in [0.2, 0.25) is 0 Å². The highest BCUT2D eigenvalue weighted by Crippen LogP contribution is 2.22. The van der Waals surface area contributed by atoms with Gasteiger partial charge in [0.25, 0.3) is 0 Å². The fourth-order valence-corrected chi connectivity index (χ4v) is 3.01. The number of hydrogen-bond donors (Lipinski definition) is 2. The van der Waals surface area contributed by atoms with Crippen LogP contribution in [-0.4, -0.2) is 44.0 Å². The Labute approximate surface area is 122 Å². The number of nitrogens with zero attached hydrogens (tertiary/aromatic N) is 2. The van der Waals surface area contributed by atoms with Crippen LogP contribution < -0.4 is 10.6 Å². The number of para-hydroxylation sites is 1. The van der Waals surface area contributed by atoms with Gasteiger partial charge < -0.3 is 15.5 Å². The molecule has 0 amide bonds. The molecular weight excluding hydrogens is 248 g/mol. The lowest BCUT2D eigenvalue weighted by Crippen LogP contribution is -2.38. The van der Waals surface area contributed by atoms with Crippen molar-refractivity contribution in [3.63, 3.8) is 0 Å². The minimum atomic E-state index is 0.141. The van der Waals surface area contributed by atoms with E-state index in [1.807, 2.05) is 24.3 Å². The highest BCUT2D eigenvalue weighted by Gasteiger charge is 2.19. The molecule has 0 saturated carbocycles. The summed E-state index contributed by atoms with van der Waals surface area (Å²) < 4.78 is 0. The zero-order valence-electron chi connectivity index (χ0n) is 12.6. The largest absolute Gasteiger partial charge is 0.384 e. The zero-order chi connectivity index (χ0) is 14.5. The number of rotatable bonds is 5. The molecule has 1 unspecified atom stereocenters. The number of nitrogens with one attached hydrogen (secondary N) is 1. The van der Waals surface area contributed by atoms with Crippen LogP contribution in [0.4, 0.5) is 5.69 Å². The molecule has 0 aromatic heterocycles. The van der Waals surface area contributed by atoms with Crippen LogP contribution in [0.1, 0.15) is 31.2 Å². The van der Waals surface area contributed by atoms with Gasteiger partial charge in [0.05, 0.1) is 0 Å². The Morgan fingerprint density at radius 3 is 2.85 bits per heavy atom. The van der Waals surface area contributed by atoms with Gasteiger partial charge in [-0.15, -0.1) is 0 Å². The van der Waals surface area contributed by atoms with Crippen LogP contribution in [0.5, 0.6) is 0 Å². The van der Waals surface area contributed by atoms with Gasteiger partial charge >= 0.3 is 0 Å². The average Bonchev–Trinajstić information content (AvgIpc) is 2.46. The quantitative estimate of drug-likeness (QED) is 0.640. The van der Waals surface area contributed by atoms with Gasteiger partial charge in [-0.1, -0.05) is 18.6 Å². The number of piperidine rings is 1. The van der Waals surface area contributed by atoms with Crippen molar-refractivity contribution in [2.75, 3.05) is 32.1 Å². The Kier molecular flexibility index (Phi) is 5.01. The molecule has 1 saturated heterocycles. The fourth-order valence-electron chi connectivity index (χ4n) is 3.01. The van der Waals surface area contributed by atoms with E-state index >= 15 is 0 Å². The van der Waals surface area contributed by atoms with E-state index in [9.17, 15) is 0 Å². The van der Waals surface area contributed by atoms with Crippen molar-refractivity contribution in [1.29, 1.82) is 5.41 Å². The van der Waals surface area contributed by atoms with E-state index in [0.717, 1.165) is 17.8 Å². The van der Waals surface area contributed by atoms with E-state index in [-0.39, 0.29) is 5.84 Å². The maximum absolute atomic E-state index is 7.67. The number of nitrogen functional groups attached to an aromatic ring is 1. The molecule has 4 nitrogen and oxygen atoms in total. The van der Waals surface area contributed by atoms with Crippen molar-refractivity contribution in [3.8, 4) is 0 Å². The topological polar surface area (TPSA) is 56.4 Å². The van der Waals surface area contributed by atoms with Gasteiger partial charge in [0.1, 0.15) is 5.84 Å². The van der Waals surface area contributed by atoms with Crippen LogP contribution in [0, 0.1) is 5.41 Å². The second kappa shape index (κ2) is 6.75. The number of benzene rings is 1. The highest BCUT2D eigenvalue weighted by atomic mass is 15.2. The first-order valence-electron chi connectivity index (χ1n) is 7.44. The molecule has 0 radical (unpaired) electrons. The Hall–Kier alpha value is -1.55. The van der Waals surface area contributed by atoms with Crippen molar-refractivity contribution in [1.82, 2.24) is 4.90 Å². The number of likely N-dealkylation sites (tertiary alicyclic amines) is 1. The van der Waals surface area contributed by atoms with Crippen LogP contribution in [0.2, 0.25) is 0 Å². The molecule has 1 aliphatic heterocycles. The molecule has 1 aliphatic rings. The molecule has 0 aliphatic carbocycles. The van der Waals surface area contributed by atoms with E-state index < -0.39 is 0 Å². The molecule has 4 heteroatoms. The molecule has 3 N–H and O–H groups in total. The number of nitrogens with two attached hydrogens (primary N) is 1. The molecule has 2 rings (SSSR count). The van der Waals surface area contributed by atoms with Gasteiger partial charge in [-0.3, -0.25) is 5.41 Å². The van der Waals surface area contributed by atoms with Crippen LogP contribution in [0.25, 0.3) is 0 Å². The summed E-state index contributed by atoms with van der Waals surface area (Å²) >= 11 is 0. The molecule has 1 fully saturated rings. The van der Waals surface area contributed by atoms with Gasteiger partial charge in [-0.25, -0.2) is 0 Å². The van der Waals surface area contributed by atoms with Crippen molar-refractivity contribution in [2.24, 2.45) is 5.73 Å². The number of hydrogen-bond acceptors (Lipinski definition) is 3. The third-order valence-electron chi connectivity index (χ3n) is 4.32. The normalized spacial score (nSPS) is 19.8. The zero-order valence-corrected chi connectivity index (χ0v) is 12.6. The van der Waals surface area contributed by atoms with Crippen molar-refractivity contribution in [3.05, 3.63) is 29.8 Å². The third kappa shape index (κ3) is 3.51. The van der Waals surface area contributed by atoms with Crippen molar-refractivity contribution >= 4 is 11.5 Å². The monoisotopic (exact) mass is 274 g/mol. The molecule has 1 atom stereocenters. The van der Waals surface area contributed by atoms with Crippen molar-refractivity contribution < 1.29 is 0 Å². The Balaban J connectivity index is 1.98. The maximum Gasteiger partial charge on any atom is 0.124 e. The summed E-state index contributed by atoms with van der Waals surface area (Å²) in [7, 11) is 4.32. The van der Waals surface area contributed by atoms with Crippen LogP contribution in [0.3, 0.4) is 0 Å². The highest BCUT2D eigenvalue weighted by molar-refractivity contribution is 6.00. The first kappa shape index (κ1) is 14.9. The smallest absolute Gasteiger partial charge is 0.124 e. The molecule has 20 heavy (non-hydrogen) atoms. The molecule has 1 aromatic carbocycles. The maximum atomic E-state index is 7.67. The van der Waals surface area contributed by atoms with Gasteiger partial charge in [-0.05, 0) is 45.0 Å². The predicted molar refractivity (Wildman–Crippen MR) is 85.6 cm³/mol. The van der Waals surface area contributed by atoms with E-state index in [1.54, 1.807) is 0 Å². The standard InChI is InChI=1S/C16H26N4/c1-19-11-6-5-7-13(19)10-12-20(2)15-9-4-3-8-14(15)16(17)18/h3-4,8-9,13H,5-7,10-12H2,1-2H3,(H3,17,18). The second-order valence-electron chi connectivity index (χ2n) is 5.77. The summed E-state index contributed by atoms with van der Waals surface area (Å²) in [5.74, 6) is 0.141. The van der Waals surface area contributed by atoms with Crippen LogP contribution >= 0.6 is 0 Å². The average molecular weight is 274 g/mol. The first-order chi connectivity index (χ1) is 9.59. The van der Waals surface area contributed by atoms with E-state index in [0.29, 0.717) is 6.04 Å². The van der Waals surface area contributed by atoms with E-state index in [2.05, 4.69) is 23.9 Å². The summed E-state index contributed by atoms with van der Waals surface area (Å²) in [5, 5.41) is 7.67. The summed E-state index contributed by atoms with van der Waals surface area (Å²) in [6, 6.07) is 8.59. The first-order valence-corrected chi connectivity index (χ1v) is 7.44. The Bertz CT molecular complexity index is 458. The van der Waals surface area contributed by atoms with Crippen LogP contribution in [0.15, 0.2) is 24.3 Å². The summed E-state index contributed by atoms with van der Waals surface area (Å²) in [4.78, 5) is 4.70. The second-order valence-corrected chi connectivity index (χ2v) is 5.77. The van der Waals surface area contributed by atoms with Gasteiger partial charge in [0.15, 0.2) is 0 Å². The van der Waals surface area contributed by atoms with E-state index in [1.165, 1.54) is 32.2 Å². The van der Waals surface area contributed by atoms with Crippen LogP contribution in [-0.2, 0) is 0 Å². The molecular formula is C16H26N4. The molecule has 0 bridgehead atoms. The lowest BCUT2D eigenvalue weighted by Gasteiger charge is -2.34. The minimum absolute atomic E-state index is 0.141. The van der Waals surface area contributed by atoms with Crippen molar-refractivity contribution in [2.45, 2.75) is 31.7 Å². The lowest BCUT2D eigenvalue weighted by molar-refractivity contribution is 0.178. The Morgan fingerprint density at radius 2 is 2.15 bits per heavy atom. The van der Waals surface area contributed by atoms with E-state index in [4.69, 9.17) is 11.1 Å². The van der Waals surface area contributed by atoms with Gasteiger partial charge in [-0.2, -0.15) is 0 Å². The molecule has 110 valence electrons. The fraction of sp³-hybridized carbons (Fsp3) is 0.562. The third-order valence-corrected chi connectivity index (χ3v) is 4.32. The predicted octanol–water partition coefficient (Wildman–Crippen LogP) is 2.28. The summed E-state index contributed by atoms with van der Waals surface area (Å²) in [5.41, 5.74) is 7.54. The summed E-state index contributed by atoms with van der Waals surface area (Å²) in [6.45, 7) is 2.22. The Morgan fingerprint density at radius 1 is 1.40 bits per heavy atom. The number of amidine groups is 1. The summed E-state index contributed by atoms with van der Waals surface area (Å²) in [6.07, 6.45) is 5.15. The SMILES string of the molecule is CN(CCC1CCCCN1C)c1ccccc1C(=N)N. The lowest BCUT2D eigenvalue weighted by atomic mass is 10.00. The molecule has 1 heterocycles. The van der Waals surface area contributed by atoms with Gasteiger partial charge in [0, 0.05) is 30.9 Å². The minimum Gasteiger partial charge on any atom is -0.384 e. The molecule has 1 aromatic rings. The molecule has 0 spiro atoms. The number of anilines is 1.